The first-order chi connectivity index (χ1) is 8.85. The van der Waals surface area contributed by atoms with Gasteiger partial charge in [0.1, 0.15) is 11.9 Å². The quantitative estimate of drug-likeness (QED) is 0.798. The fourth-order valence-corrected chi connectivity index (χ4v) is 3.08. The first-order valence-electron chi connectivity index (χ1n) is 6.49. The van der Waals surface area contributed by atoms with Gasteiger partial charge < -0.3 is 9.47 Å². The Hall–Kier alpha value is -0.580. The molecule has 2 aliphatic rings. The van der Waals surface area contributed by atoms with Crippen LogP contribution in [-0.2, 0) is 11.2 Å². The van der Waals surface area contributed by atoms with E-state index in [0.717, 1.165) is 43.7 Å². The summed E-state index contributed by atoms with van der Waals surface area (Å²) in [6.45, 7) is 3.85. The van der Waals surface area contributed by atoms with Crippen molar-refractivity contribution in [1.82, 2.24) is 4.90 Å². The van der Waals surface area contributed by atoms with Crippen molar-refractivity contribution in [1.29, 1.82) is 0 Å². The van der Waals surface area contributed by atoms with E-state index >= 15 is 0 Å². The number of ether oxygens (including phenoxy) is 2. The van der Waals surface area contributed by atoms with Crippen molar-refractivity contribution in [3.05, 3.63) is 29.8 Å². The molecule has 0 saturated carbocycles. The molecule has 4 heteroatoms. The normalized spacial score (nSPS) is 27.8. The molecule has 1 aromatic rings. The highest BCUT2D eigenvalue weighted by Crippen LogP contribution is 2.28. The lowest BCUT2D eigenvalue weighted by molar-refractivity contribution is -0.0246. The monoisotopic (exact) mass is 311 g/mol. The van der Waals surface area contributed by atoms with E-state index < -0.39 is 0 Å². The number of benzene rings is 1. The molecule has 2 heterocycles. The molecule has 3 rings (SSSR count). The zero-order valence-electron chi connectivity index (χ0n) is 10.3. The van der Waals surface area contributed by atoms with Crippen molar-refractivity contribution in [3.63, 3.8) is 0 Å². The number of nitrogens with zero attached hydrogens (tertiary/aromatic N) is 1. The van der Waals surface area contributed by atoms with Crippen LogP contribution in [0.2, 0.25) is 0 Å². The number of hydrogen-bond donors (Lipinski definition) is 0. The van der Waals surface area contributed by atoms with Gasteiger partial charge >= 0.3 is 0 Å². The van der Waals surface area contributed by atoms with Crippen LogP contribution in [0.15, 0.2) is 24.3 Å². The standard InChI is InChI=1S/C14H18BrNO2/c15-8-13-10-16(5-6-17-13)9-12-7-11-3-1-2-4-14(11)18-12/h1-4,12-13H,5-10H2. The van der Waals surface area contributed by atoms with Gasteiger partial charge in [-0.25, -0.2) is 0 Å². The summed E-state index contributed by atoms with van der Waals surface area (Å²) < 4.78 is 11.6. The lowest BCUT2D eigenvalue weighted by atomic mass is 10.1. The molecular formula is C14H18BrNO2. The lowest BCUT2D eigenvalue weighted by Gasteiger charge is -2.33. The van der Waals surface area contributed by atoms with Crippen molar-refractivity contribution >= 4 is 15.9 Å². The number of fused-ring (bicyclic) bond motifs is 1. The smallest absolute Gasteiger partial charge is 0.123 e. The van der Waals surface area contributed by atoms with Crippen LogP contribution in [-0.4, -0.2) is 48.7 Å². The van der Waals surface area contributed by atoms with E-state index in [1.54, 1.807) is 0 Å². The van der Waals surface area contributed by atoms with Crippen LogP contribution in [0.1, 0.15) is 5.56 Å². The van der Waals surface area contributed by atoms with Gasteiger partial charge in [-0.2, -0.15) is 0 Å². The first kappa shape index (κ1) is 12.5. The molecule has 0 radical (unpaired) electrons. The van der Waals surface area contributed by atoms with E-state index in [9.17, 15) is 0 Å². The molecule has 2 aliphatic heterocycles. The molecule has 3 nitrogen and oxygen atoms in total. The van der Waals surface area contributed by atoms with Crippen LogP contribution >= 0.6 is 15.9 Å². The molecule has 1 aromatic carbocycles. The second-order valence-electron chi connectivity index (χ2n) is 4.96. The van der Waals surface area contributed by atoms with Crippen molar-refractivity contribution in [3.8, 4) is 5.75 Å². The number of hydrogen-bond acceptors (Lipinski definition) is 3. The topological polar surface area (TPSA) is 21.7 Å². The molecule has 1 fully saturated rings. The van der Waals surface area contributed by atoms with Gasteiger partial charge in [0.2, 0.25) is 0 Å². The Bertz CT molecular complexity index is 388. The largest absolute Gasteiger partial charge is 0.488 e. The summed E-state index contributed by atoms with van der Waals surface area (Å²) in [6, 6.07) is 8.35. The van der Waals surface area contributed by atoms with E-state index in [1.165, 1.54) is 5.56 Å². The SMILES string of the molecule is BrCC1CN(CC2Cc3ccccc3O2)CCO1. The van der Waals surface area contributed by atoms with E-state index in [4.69, 9.17) is 9.47 Å². The van der Waals surface area contributed by atoms with Gasteiger partial charge in [-0.15, -0.1) is 0 Å². The molecule has 98 valence electrons. The Balaban J connectivity index is 1.56. The Kier molecular flexibility index (Phi) is 3.87. The molecule has 18 heavy (non-hydrogen) atoms. The van der Waals surface area contributed by atoms with Gasteiger partial charge in [0.15, 0.2) is 0 Å². The second-order valence-corrected chi connectivity index (χ2v) is 5.61. The van der Waals surface area contributed by atoms with E-state index in [0.29, 0.717) is 12.2 Å². The molecule has 1 saturated heterocycles. The predicted molar refractivity (Wildman–Crippen MR) is 74.5 cm³/mol. The molecule has 0 amide bonds. The highest BCUT2D eigenvalue weighted by Gasteiger charge is 2.27. The van der Waals surface area contributed by atoms with Gasteiger partial charge in [-0.3, -0.25) is 4.90 Å². The summed E-state index contributed by atoms with van der Waals surface area (Å²) in [4.78, 5) is 2.45. The van der Waals surface area contributed by atoms with Crippen LogP contribution in [0.3, 0.4) is 0 Å². The number of halogens is 1. The van der Waals surface area contributed by atoms with Gasteiger partial charge in [0.25, 0.3) is 0 Å². The summed E-state index contributed by atoms with van der Waals surface area (Å²) >= 11 is 3.49. The lowest BCUT2D eigenvalue weighted by Crippen LogP contribution is -2.46. The maximum absolute atomic E-state index is 5.98. The van der Waals surface area contributed by atoms with Crippen molar-refractivity contribution in [2.24, 2.45) is 0 Å². The Morgan fingerprint density at radius 1 is 1.28 bits per heavy atom. The van der Waals surface area contributed by atoms with E-state index in [1.807, 2.05) is 6.07 Å². The first-order valence-corrected chi connectivity index (χ1v) is 7.62. The van der Waals surface area contributed by atoms with Crippen LogP contribution in [0.5, 0.6) is 5.75 Å². The number of alkyl halides is 1. The summed E-state index contributed by atoms with van der Waals surface area (Å²) in [5.74, 6) is 1.06. The van der Waals surface area contributed by atoms with Crippen LogP contribution in [0, 0.1) is 0 Å². The highest BCUT2D eigenvalue weighted by molar-refractivity contribution is 9.09. The van der Waals surface area contributed by atoms with Crippen LogP contribution in [0.25, 0.3) is 0 Å². The van der Waals surface area contributed by atoms with Crippen molar-refractivity contribution in [2.75, 3.05) is 31.6 Å². The average Bonchev–Trinajstić information content (AvgIpc) is 2.81. The number of morpholine rings is 1. The minimum absolute atomic E-state index is 0.302. The van der Waals surface area contributed by atoms with Gasteiger partial charge in [-0.05, 0) is 11.6 Å². The van der Waals surface area contributed by atoms with Crippen LogP contribution in [0.4, 0.5) is 0 Å². The zero-order valence-corrected chi connectivity index (χ0v) is 11.9. The summed E-state index contributed by atoms with van der Waals surface area (Å²) in [7, 11) is 0. The van der Waals surface area contributed by atoms with Crippen molar-refractivity contribution in [2.45, 2.75) is 18.6 Å². The molecule has 0 spiro atoms. The molecule has 0 aliphatic carbocycles. The Morgan fingerprint density at radius 3 is 3.00 bits per heavy atom. The van der Waals surface area contributed by atoms with E-state index in [-0.39, 0.29) is 0 Å². The third-order valence-electron chi connectivity index (χ3n) is 3.57. The van der Waals surface area contributed by atoms with Crippen LogP contribution < -0.4 is 4.74 Å². The molecule has 2 atom stereocenters. The van der Waals surface area contributed by atoms with Gasteiger partial charge in [0, 0.05) is 31.4 Å². The maximum Gasteiger partial charge on any atom is 0.123 e. The minimum atomic E-state index is 0.302. The summed E-state index contributed by atoms with van der Waals surface area (Å²) in [6.07, 6.45) is 1.66. The highest BCUT2D eigenvalue weighted by atomic mass is 79.9. The number of rotatable bonds is 3. The molecule has 0 bridgehead atoms. The molecular weight excluding hydrogens is 294 g/mol. The minimum Gasteiger partial charge on any atom is -0.488 e. The van der Waals surface area contributed by atoms with Gasteiger partial charge in [0.05, 0.1) is 12.7 Å². The maximum atomic E-state index is 5.98. The third-order valence-corrected chi connectivity index (χ3v) is 4.29. The third kappa shape index (κ3) is 2.71. The molecule has 2 unspecified atom stereocenters. The fraction of sp³-hybridized carbons (Fsp3) is 0.571. The predicted octanol–water partition coefficient (Wildman–Crippen LogP) is 2.09. The zero-order chi connectivity index (χ0) is 12.4. The van der Waals surface area contributed by atoms with Gasteiger partial charge in [-0.1, -0.05) is 34.1 Å². The Morgan fingerprint density at radius 2 is 2.17 bits per heavy atom. The number of para-hydroxylation sites is 1. The Labute approximate surface area is 116 Å². The molecule has 0 aromatic heterocycles. The fourth-order valence-electron chi connectivity index (χ4n) is 2.68. The molecule has 0 N–H and O–H groups in total. The van der Waals surface area contributed by atoms with E-state index in [2.05, 4.69) is 39.0 Å². The summed E-state index contributed by atoms with van der Waals surface area (Å²) in [5, 5.41) is 0.912. The average molecular weight is 312 g/mol. The second kappa shape index (κ2) is 5.59. The summed E-state index contributed by atoms with van der Waals surface area (Å²) in [5.41, 5.74) is 1.34. The van der Waals surface area contributed by atoms with Crippen molar-refractivity contribution < 1.29 is 9.47 Å².